The van der Waals surface area contributed by atoms with E-state index in [0.29, 0.717) is 5.56 Å². The lowest BCUT2D eigenvalue weighted by Gasteiger charge is -2.30. The Morgan fingerprint density at radius 1 is 1.11 bits per heavy atom. The maximum Gasteiger partial charge on any atom is 0.120 e. The van der Waals surface area contributed by atoms with E-state index < -0.39 is 12.1 Å². The zero-order chi connectivity index (χ0) is 13.1. The first-order valence-electron chi connectivity index (χ1n) is 6.55. The largest absolute Gasteiger partial charge is 0.508 e. The molecule has 0 aromatic heterocycles. The predicted molar refractivity (Wildman–Crippen MR) is 76.5 cm³/mol. The second-order valence-corrected chi connectivity index (χ2v) is 5.16. The van der Waals surface area contributed by atoms with Crippen LogP contribution in [0.15, 0.2) is 18.2 Å². The third-order valence-electron chi connectivity index (χ3n) is 3.87. The minimum absolute atomic E-state index is 0. The Morgan fingerprint density at radius 2 is 1.74 bits per heavy atom. The molecule has 4 nitrogen and oxygen atoms in total. The van der Waals surface area contributed by atoms with Crippen molar-refractivity contribution in [2.75, 3.05) is 0 Å². The van der Waals surface area contributed by atoms with Crippen molar-refractivity contribution in [2.24, 2.45) is 11.7 Å². The van der Waals surface area contributed by atoms with Gasteiger partial charge in [-0.15, -0.1) is 12.4 Å². The average Bonchev–Trinajstić information content (AvgIpc) is 2.41. The monoisotopic (exact) mass is 287 g/mol. The van der Waals surface area contributed by atoms with E-state index in [2.05, 4.69) is 0 Å². The van der Waals surface area contributed by atoms with Crippen molar-refractivity contribution in [3.05, 3.63) is 23.8 Å². The minimum Gasteiger partial charge on any atom is -0.508 e. The fraction of sp³-hybridized carbons (Fsp3) is 0.571. The van der Waals surface area contributed by atoms with Crippen LogP contribution in [0.4, 0.5) is 0 Å². The second kappa shape index (κ2) is 6.98. The highest BCUT2D eigenvalue weighted by Gasteiger charge is 2.29. The summed E-state index contributed by atoms with van der Waals surface area (Å²) in [6, 6.07) is 3.57. The molecular formula is C14H22ClNO3. The molecule has 1 aromatic rings. The number of hydrogen-bond acceptors (Lipinski definition) is 4. The van der Waals surface area contributed by atoms with E-state index >= 15 is 0 Å². The molecule has 1 saturated carbocycles. The minimum atomic E-state index is -0.669. The van der Waals surface area contributed by atoms with Crippen LogP contribution < -0.4 is 5.73 Å². The number of aliphatic hydroxyl groups excluding tert-OH is 1. The number of aliphatic hydroxyl groups is 1. The SMILES string of the molecule is Cl.N[C@@H](c1cc(O)ccc1O)[C@H](O)C1CCCCC1. The lowest BCUT2D eigenvalue weighted by molar-refractivity contribution is 0.0610. The summed E-state index contributed by atoms with van der Waals surface area (Å²) in [6.45, 7) is 0. The Bertz CT molecular complexity index is 408. The fourth-order valence-electron chi connectivity index (χ4n) is 2.76. The Hall–Kier alpha value is -0.970. The molecule has 1 aliphatic carbocycles. The topological polar surface area (TPSA) is 86.7 Å². The molecule has 0 bridgehead atoms. The van der Waals surface area contributed by atoms with Crippen molar-refractivity contribution in [3.8, 4) is 11.5 Å². The molecule has 1 fully saturated rings. The summed E-state index contributed by atoms with van der Waals surface area (Å²) in [5, 5.41) is 29.5. The molecule has 0 amide bonds. The third-order valence-corrected chi connectivity index (χ3v) is 3.87. The van der Waals surface area contributed by atoms with Crippen LogP contribution in [0.3, 0.4) is 0 Å². The molecule has 108 valence electrons. The number of nitrogens with two attached hydrogens (primary N) is 1. The van der Waals surface area contributed by atoms with E-state index in [-0.39, 0.29) is 29.8 Å². The number of phenolic OH excluding ortho intramolecular Hbond substituents is 2. The molecule has 1 aromatic carbocycles. The Morgan fingerprint density at radius 3 is 2.37 bits per heavy atom. The highest BCUT2D eigenvalue weighted by Crippen LogP contribution is 2.35. The number of hydrogen-bond donors (Lipinski definition) is 4. The zero-order valence-corrected chi connectivity index (χ0v) is 11.6. The summed E-state index contributed by atoms with van der Waals surface area (Å²) in [7, 11) is 0. The maximum absolute atomic E-state index is 10.3. The molecule has 0 aliphatic heterocycles. The molecule has 0 unspecified atom stereocenters. The summed E-state index contributed by atoms with van der Waals surface area (Å²) in [6.07, 6.45) is 4.76. The molecule has 0 spiro atoms. The van der Waals surface area contributed by atoms with Crippen molar-refractivity contribution in [1.82, 2.24) is 0 Å². The highest BCUT2D eigenvalue weighted by atomic mass is 35.5. The van der Waals surface area contributed by atoms with Crippen LogP contribution in [0.2, 0.25) is 0 Å². The van der Waals surface area contributed by atoms with Crippen molar-refractivity contribution in [3.63, 3.8) is 0 Å². The zero-order valence-electron chi connectivity index (χ0n) is 10.8. The standard InChI is InChI=1S/C14H21NO3.ClH/c15-13(11-8-10(16)6-7-12(11)17)14(18)9-4-2-1-3-5-9;/h6-9,13-14,16-18H,1-5,15H2;1H/t13-,14+;/m0./s1. The maximum atomic E-state index is 10.3. The smallest absolute Gasteiger partial charge is 0.120 e. The summed E-state index contributed by atoms with van der Waals surface area (Å²) < 4.78 is 0. The molecule has 0 heterocycles. The van der Waals surface area contributed by atoms with Crippen LogP contribution in [0.1, 0.15) is 43.7 Å². The van der Waals surface area contributed by atoms with E-state index in [9.17, 15) is 15.3 Å². The van der Waals surface area contributed by atoms with Crippen LogP contribution in [-0.2, 0) is 0 Å². The van der Waals surface area contributed by atoms with Gasteiger partial charge in [0, 0.05) is 5.56 Å². The summed E-state index contributed by atoms with van der Waals surface area (Å²) >= 11 is 0. The molecule has 1 aliphatic rings. The Balaban J connectivity index is 0.00000180. The number of rotatable bonds is 3. The molecule has 19 heavy (non-hydrogen) atoms. The van der Waals surface area contributed by atoms with E-state index in [4.69, 9.17) is 5.73 Å². The van der Waals surface area contributed by atoms with Crippen molar-refractivity contribution in [1.29, 1.82) is 0 Å². The van der Waals surface area contributed by atoms with Crippen molar-refractivity contribution >= 4 is 12.4 Å². The first-order chi connectivity index (χ1) is 8.59. The number of halogens is 1. The van der Waals surface area contributed by atoms with Crippen molar-refractivity contribution in [2.45, 2.75) is 44.2 Å². The first-order valence-corrected chi connectivity index (χ1v) is 6.55. The van der Waals surface area contributed by atoms with Gasteiger partial charge in [-0.1, -0.05) is 19.3 Å². The molecule has 2 atom stereocenters. The van der Waals surface area contributed by atoms with Crippen molar-refractivity contribution < 1.29 is 15.3 Å². The molecule has 5 heteroatoms. The van der Waals surface area contributed by atoms with Gasteiger partial charge < -0.3 is 21.1 Å². The molecule has 0 saturated heterocycles. The van der Waals surface area contributed by atoms with Gasteiger partial charge in [0.25, 0.3) is 0 Å². The van der Waals surface area contributed by atoms with Gasteiger partial charge in [-0.3, -0.25) is 0 Å². The molecule has 2 rings (SSSR count). The number of benzene rings is 1. The number of phenols is 2. The lowest BCUT2D eigenvalue weighted by Crippen LogP contribution is -2.34. The van der Waals surface area contributed by atoms with E-state index in [1.807, 2.05) is 0 Å². The second-order valence-electron chi connectivity index (χ2n) is 5.16. The van der Waals surface area contributed by atoms with Gasteiger partial charge in [-0.05, 0) is 37.0 Å². The predicted octanol–water partition coefficient (Wildman–Crippen LogP) is 2.46. The molecule has 5 N–H and O–H groups in total. The Labute approximate surface area is 119 Å². The lowest BCUT2D eigenvalue weighted by atomic mass is 9.81. The third kappa shape index (κ3) is 3.75. The van der Waals surface area contributed by atoms with Gasteiger partial charge >= 0.3 is 0 Å². The van der Waals surface area contributed by atoms with E-state index in [1.165, 1.54) is 24.6 Å². The van der Waals surface area contributed by atoms with Crippen LogP contribution >= 0.6 is 12.4 Å². The van der Waals surface area contributed by atoms with Gasteiger partial charge in [-0.2, -0.15) is 0 Å². The van der Waals surface area contributed by atoms with Crippen LogP contribution in [-0.4, -0.2) is 21.4 Å². The fourth-order valence-corrected chi connectivity index (χ4v) is 2.76. The first kappa shape index (κ1) is 16.1. The van der Waals surface area contributed by atoms with Gasteiger partial charge in [-0.25, -0.2) is 0 Å². The normalized spacial score (nSPS) is 19.5. The van der Waals surface area contributed by atoms with Gasteiger partial charge in [0.15, 0.2) is 0 Å². The highest BCUT2D eigenvalue weighted by molar-refractivity contribution is 5.85. The average molecular weight is 288 g/mol. The molecular weight excluding hydrogens is 266 g/mol. The quantitative estimate of drug-likeness (QED) is 0.643. The summed E-state index contributed by atoms with van der Waals surface area (Å²) in [5.74, 6) is 0.264. The van der Waals surface area contributed by atoms with Gasteiger partial charge in [0.1, 0.15) is 11.5 Å². The van der Waals surface area contributed by atoms with Crippen LogP contribution in [0, 0.1) is 5.92 Å². The van der Waals surface area contributed by atoms with Crippen LogP contribution in [0.25, 0.3) is 0 Å². The van der Waals surface area contributed by atoms with E-state index in [1.54, 1.807) is 0 Å². The molecule has 0 radical (unpaired) electrons. The van der Waals surface area contributed by atoms with E-state index in [0.717, 1.165) is 25.7 Å². The van der Waals surface area contributed by atoms with Gasteiger partial charge in [0.2, 0.25) is 0 Å². The van der Waals surface area contributed by atoms with Crippen LogP contribution in [0.5, 0.6) is 11.5 Å². The Kier molecular flexibility index (Phi) is 5.91. The number of aromatic hydroxyl groups is 2. The van der Waals surface area contributed by atoms with Gasteiger partial charge in [0.05, 0.1) is 12.1 Å². The summed E-state index contributed by atoms with van der Waals surface area (Å²) in [5.41, 5.74) is 6.43. The summed E-state index contributed by atoms with van der Waals surface area (Å²) in [4.78, 5) is 0.